The minimum absolute atomic E-state index is 0.250. The molecular weight excluding hydrogens is 276 g/mol. The second-order valence-corrected chi connectivity index (χ2v) is 3.45. The molecule has 6 nitrogen and oxygen atoms in total. The summed E-state index contributed by atoms with van der Waals surface area (Å²) < 4.78 is 0. The topological polar surface area (TPSA) is 112 Å². The molecule has 0 atom stereocenters. The Morgan fingerprint density at radius 2 is 0.952 bits per heavy atom. The molecule has 3 N–H and O–H groups in total. The molecule has 0 unspecified atom stereocenters. The van der Waals surface area contributed by atoms with E-state index in [9.17, 15) is 9.59 Å². The van der Waals surface area contributed by atoms with Gasteiger partial charge in [-0.25, -0.2) is 9.59 Å². The fourth-order valence-electron chi connectivity index (χ4n) is 1.16. The number of hydrogen-bond acceptors (Lipinski definition) is 3. The van der Waals surface area contributed by atoms with Crippen molar-refractivity contribution in [3.05, 3.63) is 71.8 Å². The van der Waals surface area contributed by atoms with Gasteiger partial charge in [0.1, 0.15) is 0 Å². The van der Waals surface area contributed by atoms with Crippen molar-refractivity contribution in [2.45, 2.75) is 0 Å². The molecule has 0 amide bonds. The fraction of sp³-hybridized carbons (Fsp3) is 0. The van der Waals surface area contributed by atoms with E-state index in [1.165, 1.54) is 0 Å². The van der Waals surface area contributed by atoms with Crippen LogP contribution in [0, 0.1) is 0 Å². The van der Waals surface area contributed by atoms with Gasteiger partial charge in [-0.2, -0.15) is 0 Å². The van der Waals surface area contributed by atoms with Crippen molar-refractivity contribution in [1.29, 1.82) is 0 Å². The molecule has 0 aliphatic rings. The lowest BCUT2D eigenvalue weighted by molar-refractivity contribution is -0.122. The summed E-state index contributed by atoms with van der Waals surface area (Å²) in [6.07, 6.45) is 0. The van der Waals surface area contributed by atoms with Gasteiger partial charge < -0.3 is 15.3 Å². The molecule has 110 valence electrons. The third kappa shape index (κ3) is 8.55. The van der Waals surface area contributed by atoms with Crippen molar-refractivity contribution in [3.63, 3.8) is 0 Å². The Morgan fingerprint density at radius 1 is 0.714 bits per heavy atom. The highest BCUT2D eigenvalue weighted by Gasteiger charge is 1.97. The van der Waals surface area contributed by atoms with Crippen molar-refractivity contribution >= 4 is 18.4 Å². The third-order valence-electron chi connectivity index (χ3n) is 2.04. The van der Waals surface area contributed by atoms with Gasteiger partial charge in [0.15, 0.2) is 0 Å². The highest BCUT2D eigenvalue weighted by molar-refractivity contribution is 5.87. The Hall–Kier alpha value is -3.15. The molecule has 0 saturated carbocycles. The summed E-state index contributed by atoms with van der Waals surface area (Å²) in [4.78, 5) is 28.8. The van der Waals surface area contributed by atoms with E-state index >= 15 is 0 Å². The van der Waals surface area contributed by atoms with Gasteiger partial charge in [0.05, 0.1) is 11.1 Å². The molecule has 0 aliphatic carbocycles. The van der Waals surface area contributed by atoms with Crippen LogP contribution in [-0.4, -0.2) is 33.7 Å². The predicted octanol–water partition coefficient (Wildman–Crippen LogP) is 2.47. The van der Waals surface area contributed by atoms with Crippen LogP contribution in [0.4, 0.5) is 0 Å². The predicted molar refractivity (Wildman–Crippen MR) is 75.5 cm³/mol. The molecule has 21 heavy (non-hydrogen) atoms. The first-order valence-electron chi connectivity index (χ1n) is 5.67. The highest BCUT2D eigenvalue weighted by Crippen LogP contribution is 1.96. The van der Waals surface area contributed by atoms with E-state index in [1.54, 1.807) is 60.7 Å². The molecule has 0 heterocycles. The normalized spacial score (nSPS) is 8.19. The minimum atomic E-state index is -0.879. The van der Waals surface area contributed by atoms with Crippen molar-refractivity contribution in [1.82, 2.24) is 0 Å². The second-order valence-electron chi connectivity index (χ2n) is 3.45. The summed E-state index contributed by atoms with van der Waals surface area (Å²) in [6, 6.07) is 16.6. The van der Waals surface area contributed by atoms with E-state index in [1.807, 2.05) is 0 Å². The Kier molecular flexibility index (Phi) is 9.13. The van der Waals surface area contributed by atoms with E-state index in [4.69, 9.17) is 20.1 Å². The van der Waals surface area contributed by atoms with Crippen LogP contribution in [0.3, 0.4) is 0 Å². The molecule has 2 aromatic rings. The molecule has 0 saturated heterocycles. The maximum atomic E-state index is 10.2. The largest absolute Gasteiger partial charge is 0.483 e. The van der Waals surface area contributed by atoms with Crippen molar-refractivity contribution < 1.29 is 29.7 Å². The van der Waals surface area contributed by atoms with Crippen LogP contribution in [0.25, 0.3) is 0 Å². The van der Waals surface area contributed by atoms with Crippen molar-refractivity contribution in [2.75, 3.05) is 0 Å². The summed E-state index contributed by atoms with van der Waals surface area (Å²) in [5, 5.41) is 23.7. The first-order valence-corrected chi connectivity index (χ1v) is 5.67. The number of aromatic carboxylic acids is 2. The molecule has 0 bridgehead atoms. The highest BCUT2D eigenvalue weighted by atomic mass is 16.4. The minimum Gasteiger partial charge on any atom is -0.483 e. The Balaban J connectivity index is 0.000000322. The molecule has 2 aromatic carbocycles. The number of carbonyl (C=O) groups is 3. The summed E-state index contributed by atoms with van der Waals surface area (Å²) in [6.45, 7) is -0.250. The van der Waals surface area contributed by atoms with Crippen LogP contribution < -0.4 is 0 Å². The van der Waals surface area contributed by atoms with Gasteiger partial charge in [0.2, 0.25) is 0 Å². The van der Waals surface area contributed by atoms with Gasteiger partial charge in [-0.1, -0.05) is 36.4 Å². The molecule has 0 spiro atoms. The van der Waals surface area contributed by atoms with Gasteiger partial charge in [0, 0.05) is 0 Å². The number of rotatable bonds is 2. The number of carboxylic acid groups (broad SMARTS) is 3. The molecule has 0 aliphatic heterocycles. The van der Waals surface area contributed by atoms with Gasteiger partial charge in [-0.05, 0) is 24.3 Å². The van der Waals surface area contributed by atoms with Crippen LogP contribution in [0.5, 0.6) is 0 Å². The van der Waals surface area contributed by atoms with E-state index in [-0.39, 0.29) is 6.47 Å². The number of hydrogen-bond donors (Lipinski definition) is 3. The summed E-state index contributed by atoms with van der Waals surface area (Å²) in [5.41, 5.74) is 0.662. The molecular formula is C15H14O6. The first-order chi connectivity index (χ1) is 10.0. The van der Waals surface area contributed by atoms with Crippen LogP contribution in [0.1, 0.15) is 20.7 Å². The van der Waals surface area contributed by atoms with Crippen LogP contribution in [-0.2, 0) is 4.79 Å². The molecule has 0 fully saturated rings. The average molecular weight is 290 g/mol. The zero-order valence-corrected chi connectivity index (χ0v) is 10.9. The lowest BCUT2D eigenvalue weighted by Crippen LogP contribution is -1.93. The SMILES string of the molecule is O=C(O)c1ccccc1.O=C(O)c1ccccc1.O=CO. The van der Waals surface area contributed by atoms with Crippen molar-refractivity contribution in [2.24, 2.45) is 0 Å². The van der Waals surface area contributed by atoms with Gasteiger partial charge in [0.25, 0.3) is 6.47 Å². The van der Waals surface area contributed by atoms with Crippen LogP contribution in [0.2, 0.25) is 0 Å². The van der Waals surface area contributed by atoms with Gasteiger partial charge in [-0.3, -0.25) is 4.79 Å². The number of benzene rings is 2. The third-order valence-corrected chi connectivity index (χ3v) is 2.04. The first kappa shape index (κ1) is 17.8. The van der Waals surface area contributed by atoms with E-state index in [2.05, 4.69) is 0 Å². The average Bonchev–Trinajstić information content (AvgIpc) is 2.50. The van der Waals surface area contributed by atoms with E-state index in [0.717, 1.165) is 0 Å². The molecule has 2 rings (SSSR count). The van der Waals surface area contributed by atoms with Gasteiger partial charge >= 0.3 is 11.9 Å². The standard InChI is InChI=1S/2C7H6O2.CH2O2/c2*8-7(9)6-4-2-1-3-5-6;2-1-3/h2*1-5H,(H,8,9);1H,(H,2,3). The van der Waals surface area contributed by atoms with Crippen molar-refractivity contribution in [3.8, 4) is 0 Å². The fourth-order valence-corrected chi connectivity index (χ4v) is 1.16. The molecule has 0 aromatic heterocycles. The maximum absolute atomic E-state index is 10.2. The number of carboxylic acids is 2. The second kappa shape index (κ2) is 10.7. The monoisotopic (exact) mass is 290 g/mol. The van der Waals surface area contributed by atoms with Crippen LogP contribution >= 0.6 is 0 Å². The van der Waals surface area contributed by atoms with E-state index in [0.29, 0.717) is 11.1 Å². The Morgan fingerprint density at radius 3 is 1.10 bits per heavy atom. The quantitative estimate of drug-likeness (QED) is 0.732. The summed E-state index contributed by atoms with van der Waals surface area (Å²) in [7, 11) is 0. The zero-order chi connectivity index (χ0) is 16.1. The lowest BCUT2D eigenvalue weighted by atomic mass is 10.2. The van der Waals surface area contributed by atoms with Crippen LogP contribution in [0.15, 0.2) is 60.7 Å². The smallest absolute Gasteiger partial charge is 0.335 e. The Bertz CT molecular complexity index is 501. The zero-order valence-electron chi connectivity index (χ0n) is 10.9. The molecule has 6 heteroatoms. The van der Waals surface area contributed by atoms with Gasteiger partial charge in [-0.15, -0.1) is 0 Å². The maximum Gasteiger partial charge on any atom is 0.335 e. The molecule has 0 radical (unpaired) electrons. The van der Waals surface area contributed by atoms with E-state index < -0.39 is 11.9 Å². The Labute approximate surface area is 120 Å². The summed E-state index contributed by atoms with van der Waals surface area (Å²) in [5.74, 6) is -1.76. The summed E-state index contributed by atoms with van der Waals surface area (Å²) >= 11 is 0. The lowest BCUT2D eigenvalue weighted by Gasteiger charge is -1.88.